The lowest BCUT2D eigenvalue weighted by molar-refractivity contribution is 0.0697. The topological polar surface area (TPSA) is 57.5 Å². The summed E-state index contributed by atoms with van der Waals surface area (Å²) < 4.78 is 0. The van der Waals surface area contributed by atoms with Gasteiger partial charge in [0.15, 0.2) is 0 Å². The highest BCUT2D eigenvalue weighted by molar-refractivity contribution is 5.88. The molecule has 0 atom stereocenters. The summed E-state index contributed by atoms with van der Waals surface area (Å²) in [5, 5.41) is 18.9. The molecule has 0 heterocycles. The molecule has 3 nitrogen and oxygen atoms in total. The van der Waals surface area contributed by atoms with Crippen LogP contribution < -0.4 is 0 Å². The van der Waals surface area contributed by atoms with Gasteiger partial charge < -0.3 is 10.2 Å². The molecule has 0 bridgehead atoms. The van der Waals surface area contributed by atoms with E-state index in [9.17, 15) is 9.90 Å². The van der Waals surface area contributed by atoms with Crippen LogP contribution in [0.2, 0.25) is 0 Å². The van der Waals surface area contributed by atoms with Gasteiger partial charge in [-0.25, -0.2) is 4.79 Å². The summed E-state index contributed by atoms with van der Waals surface area (Å²) in [6.45, 7) is 3.80. The summed E-state index contributed by atoms with van der Waals surface area (Å²) in [7, 11) is 0. The lowest BCUT2D eigenvalue weighted by Gasteiger charge is -2.09. The first kappa shape index (κ1) is 12.2. The molecule has 0 aromatic heterocycles. The molecule has 0 aliphatic carbocycles. The van der Waals surface area contributed by atoms with E-state index in [1.165, 1.54) is 12.1 Å². The molecule has 2 aromatic carbocycles. The van der Waals surface area contributed by atoms with Gasteiger partial charge in [-0.3, -0.25) is 0 Å². The van der Waals surface area contributed by atoms with E-state index >= 15 is 0 Å². The van der Waals surface area contributed by atoms with Crippen LogP contribution >= 0.6 is 0 Å². The number of aryl methyl sites for hydroxylation is 2. The smallest absolute Gasteiger partial charge is 0.335 e. The average Bonchev–Trinajstić information content (AvgIpc) is 2.34. The summed E-state index contributed by atoms with van der Waals surface area (Å²) in [5.41, 5.74) is 3.64. The third kappa shape index (κ3) is 2.20. The molecule has 92 valence electrons. The number of aromatic hydroxyl groups is 1. The van der Waals surface area contributed by atoms with Crippen molar-refractivity contribution >= 4 is 5.97 Å². The molecule has 0 saturated carbocycles. The summed E-state index contributed by atoms with van der Waals surface area (Å²) in [4.78, 5) is 10.8. The van der Waals surface area contributed by atoms with Crippen LogP contribution in [0.1, 0.15) is 21.5 Å². The van der Waals surface area contributed by atoms with Crippen molar-refractivity contribution in [1.29, 1.82) is 0 Å². The van der Waals surface area contributed by atoms with Gasteiger partial charge in [0.2, 0.25) is 0 Å². The van der Waals surface area contributed by atoms with E-state index in [1.54, 1.807) is 12.1 Å². The largest absolute Gasteiger partial charge is 0.507 e. The Morgan fingerprint density at radius 1 is 1.06 bits per heavy atom. The van der Waals surface area contributed by atoms with Gasteiger partial charge in [0.1, 0.15) is 5.75 Å². The molecule has 2 N–H and O–H groups in total. The molecule has 0 aliphatic rings. The molecule has 0 saturated heterocycles. The third-order valence-electron chi connectivity index (χ3n) is 2.89. The van der Waals surface area contributed by atoms with Gasteiger partial charge in [-0.2, -0.15) is 0 Å². The molecule has 3 heteroatoms. The molecule has 18 heavy (non-hydrogen) atoms. The van der Waals surface area contributed by atoms with Crippen LogP contribution in [-0.4, -0.2) is 16.2 Å². The zero-order chi connectivity index (χ0) is 13.3. The van der Waals surface area contributed by atoms with E-state index in [4.69, 9.17) is 5.11 Å². The lowest BCUT2D eigenvalue weighted by Crippen LogP contribution is -1.95. The minimum atomic E-state index is -0.953. The predicted molar refractivity (Wildman–Crippen MR) is 70.0 cm³/mol. The first-order valence-electron chi connectivity index (χ1n) is 5.63. The van der Waals surface area contributed by atoms with E-state index in [0.717, 1.165) is 22.3 Å². The van der Waals surface area contributed by atoms with Gasteiger partial charge in [0, 0.05) is 5.56 Å². The Hall–Kier alpha value is -2.29. The Labute approximate surface area is 105 Å². The minimum Gasteiger partial charge on any atom is -0.507 e. The Balaban J connectivity index is 2.52. The van der Waals surface area contributed by atoms with Crippen LogP contribution in [0.15, 0.2) is 36.4 Å². The number of hydrogen-bond donors (Lipinski definition) is 2. The first-order chi connectivity index (χ1) is 8.49. The van der Waals surface area contributed by atoms with E-state index in [2.05, 4.69) is 0 Å². The highest BCUT2D eigenvalue weighted by atomic mass is 16.4. The van der Waals surface area contributed by atoms with Crippen molar-refractivity contribution in [2.24, 2.45) is 0 Å². The van der Waals surface area contributed by atoms with E-state index in [0.29, 0.717) is 0 Å². The number of aromatic carboxylic acids is 1. The number of phenols is 1. The SMILES string of the molecule is Cc1cc(C)c(O)c(-c2ccc(C(=O)O)cc2)c1. The maximum absolute atomic E-state index is 10.8. The van der Waals surface area contributed by atoms with Gasteiger partial charge in [0.05, 0.1) is 5.56 Å². The molecule has 0 radical (unpaired) electrons. The normalized spacial score (nSPS) is 10.3. The van der Waals surface area contributed by atoms with Crippen molar-refractivity contribution in [3.05, 3.63) is 53.1 Å². The third-order valence-corrected chi connectivity index (χ3v) is 2.89. The fourth-order valence-electron chi connectivity index (χ4n) is 1.97. The van der Waals surface area contributed by atoms with Crippen LogP contribution in [0.25, 0.3) is 11.1 Å². The van der Waals surface area contributed by atoms with Crippen molar-refractivity contribution < 1.29 is 15.0 Å². The first-order valence-corrected chi connectivity index (χ1v) is 5.63. The lowest BCUT2D eigenvalue weighted by atomic mass is 9.98. The maximum Gasteiger partial charge on any atom is 0.335 e. The number of benzene rings is 2. The zero-order valence-electron chi connectivity index (χ0n) is 10.3. The van der Waals surface area contributed by atoms with Crippen LogP contribution in [0.4, 0.5) is 0 Å². The molecule has 0 unspecified atom stereocenters. The second-order valence-electron chi connectivity index (χ2n) is 4.36. The monoisotopic (exact) mass is 242 g/mol. The average molecular weight is 242 g/mol. The summed E-state index contributed by atoms with van der Waals surface area (Å²) >= 11 is 0. The van der Waals surface area contributed by atoms with Crippen molar-refractivity contribution in [2.75, 3.05) is 0 Å². The minimum absolute atomic E-state index is 0.239. The van der Waals surface area contributed by atoms with Crippen molar-refractivity contribution in [2.45, 2.75) is 13.8 Å². The molecule has 2 aromatic rings. The van der Waals surface area contributed by atoms with Gasteiger partial charge >= 0.3 is 5.97 Å². The quantitative estimate of drug-likeness (QED) is 0.848. The second-order valence-corrected chi connectivity index (χ2v) is 4.36. The van der Waals surface area contributed by atoms with E-state index < -0.39 is 5.97 Å². The van der Waals surface area contributed by atoms with Crippen LogP contribution in [-0.2, 0) is 0 Å². The van der Waals surface area contributed by atoms with Gasteiger partial charge in [-0.05, 0) is 48.7 Å². The fourth-order valence-corrected chi connectivity index (χ4v) is 1.97. The van der Waals surface area contributed by atoms with E-state index in [1.807, 2.05) is 26.0 Å². The van der Waals surface area contributed by atoms with Crippen LogP contribution in [0, 0.1) is 13.8 Å². The van der Waals surface area contributed by atoms with Crippen molar-refractivity contribution in [3.8, 4) is 16.9 Å². The second kappa shape index (κ2) is 4.53. The van der Waals surface area contributed by atoms with Crippen molar-refractivity contribution in [3.63, 3.8) is 0 Å². The van der Waals surface area contributed by atoms with Crippen molar-refractivity contribution in [1.82, 2.24) is 0 Å². The molecule has 0 amide bonds. The van der Waals surface area contributed by atoms with E-state index in [-0.39, 0.29) is 11.3 Å². The molecular weight excluding hydrogens is 228 g/mol. The fraction of sp³-hybridized carbons (Fsp3) is 0.133. The number of carbonyl (C=O) groups is 1. The highest BCUT2D eigenvalue weighted by Gasteiger charge is 2.09. The summed E-state index contributed by atoms with van der Waals surface area (Å²) in [5.74, 6) is -0.713. The van der Waals surface area contributed by atoms with Gasteiger partial charge in [-0.1, -0.05) is 18.2 Å². The van der Waals surface area contributed by atoms with Gasteiger partial charge in [-0.15, -0.1) is 0 Å². The number of phenolic OH excluding ortho intramolecular Hbond substituents is 1. The number of rotatable bonds is 2. The maximum atomic E-state index is 10.8. The Kier molecular flexibility index (Phi) is 3.06. The molecular formula is C15H14O3. The molecule has 0 fully saturated rings. The highest BCUT2D eigenvalue weighted by Crippen LogP contribution is 2.33. The predicted octanol–water partition coefficient (Wildman–Crippen LogP) is 3.37. The van der Waals surface area contributed by atoms with Crippen LogP contribution in [0.5, 0.6) is 5.75 Å². The number of carboxylic acid groups (broad SMARTS) is 1. The van der Waals surface area contributed by atoms with Crippen LogP contribution in [0.3, 0.4) is 0 Å². The molecule has 0 aliphatic heterocycles. The summed E-state index contributed by atoms with van der Waals surface area (Å²) in [6.07, 6.45) is 0. The summed E-state index contributed by atoms with van der Waals surface area (Å²) in [6, 6.07) is 10.3. The molecule has 2 rings (SSSR count). The molecule has 0 spiro atoms. The number of hydrogen-bond acceptors (Lipinski definition) is 2. The standard InChI is InChI=1S/C15H14O3/c1-9-7-10(2)14(16)13(8-9)11-3-5-12(6-4-11)15(17)18/h3-8,16H,1-2H3,(H,17,18). The Bertz CT molecular complexity index is 598. The Morgan fingerprint density at radius 2 is 1.67 bits per heavy atom. The Morgan fingerprint density at radius 3 is 2.22 bits per heavy atom. The number of carboxylic acids is 1. The van der Waals surface area contributed by atoms with Gasteiger partial charge in [0.25, 0.3) is 0 Å². The zero-order valence-corrected chi connectivity index (χ0v) is 10.3.